The number of ether oxygens (including phenoxy) is 1. The van der Waals surface area contributed by atoms with E-state index in [1.807, 2.05) is 0 Å². The van der Waals surface area contributed by atoms with Crippen LogP contribution in [-0.4, -0.2) is 54.2 Å². The molecule has 0 heterocycles. The zero-order chi connectivity index (χ0) is 18.1. The first kappa shape index (κ1) is 22.6. The summed E-state index contributed by atoms with van der Waals surface area (Å²) in [6.07, 6.45) is -0.165. The summed E-state index contributed by atoms with van der Waals surface area (Å²) in [5, 5.41) is 13.0. The highest BCUT2D eigenvalue weighted by atomic mass is 79.9. The maximum Gasteiger partial charge on any atom is 0.407 e. The topological polar surface area (TPSA) is 94.1 Å². The highest BCUT2D eigenvalue weighted by Gasteiger charge is 2.28. The van der Waals surface area contributed by atoms with Crippen molar-refractivity contribution in [2.45, 2.75) is 44.9 Å². The van der Waals surface area contributed by atoms with Gasteiger partial charge in [-0.05, 0) is 27.2 Å². The third kappa shape index (κ3) is 10.1. The number of carbonyl (C=O) groups is 1. The Kier molecular flexibility index (Phi) is 10.3. The van der Waals surface area contributed by atoms with E-state index in [9.17, 15) is 14.5 Å². The van der Waals surface area contributed by atoms with Crippen molar-refractivity contribution in [3.05, 3.63) is 12.7 Å². The van der Waals surface area contributed by atoms with Crippen LogP contribution in [0.25, 0.3) is 0 Å². The van der Waals surface area contributed by atoms with E-state index in [0.29, 0.717) is 5.33 Å². The SMILES string of the molecule is C=C[C@@H](O)[C@H](CCP(=O)(OC)OCCBr)NC(=O)OC(C)(C)C. The minimum atomic E-state index is -3.27. The van der Waals surface area contributed by atoms with Crippen LogP contribution in [-0.2, 0) is 18.3 Å². The van der Waals surface area contributed by atoms with Gasteiger partial charge in [0.2, 0.25) is 0 Å². The zero-order valence-electron chi connectivity index (χ0n) is 14.1. The summed E-state index contributed by atoms with van der Waals surface area (Å²) < 4.78 is 27.7. The molecular formula is C14H27BrNO6P. The van der Waals surface area contributed by atoms with Crippen LogP contribution in [0.2, 0.25) is 0 Å². The summed E-state index contributed by atoms with van der Waals surface area (Å²) in [7, 11) is -1.97. The standard InChI is InChI=1S/C14H27BrNO6P/c1-6-12(17)11(16-13(18)22-14(2,3)4)7-10-23(19,20-5)21-9-8-15/h6,11-12,17H,1,7-10H2,2-5H3,(H,16,18)/t11-,12+,23?/m0/s1. The van der Waals surface area contributed by atoms with Crippen LogP contribution in [0, 0.1) is 0 Å². The van der Waals surface area contributed by atoms with Gasteiger partial charge in [0, 0.05) is 12.4 Å². The predicted molar refractivity (Wildman–Crippen MR) is 93.2 cm³/mol. The summed E-state index contributed by atoms with van der Waals surface area (Å²) in [5.41, 5.74) is -0.658. The smallest absolute Gasteiger partial charge is 0.407 e. The van der Waals surface area contributed by atoms with Gasteiger partial charge in [0.25, 0.3) is 0 Å². The molecule has 0 aliphatic carbocycles. The molecule has 0 aromatic heterocycles. The van der Waals surface area contributed by atoms with Gasteiger partial charge in [0.15, 0.2) is 0 Å². The largest absolute Gasteiger partial charge is 0.444 e. The lowest BCUT2D eigenvalue weighted by Crippen LogP contribution is -2.45. The summed E-state index contributed by atoms with van der Waals surface area (Å²) in [6.45, 7) is 8.94. The average molecular weight is 416 g/mol. The van der Waals surface area contributed by atoms with Gasteiger partial charge >= 0.3 is 13.7 Å². The Bertz CT molecular complexity index is 426. The molecule has 0 saturated carbocycles. The fourth-order valence-corrected chi connectivity index (χ4v) is 3.42. The molecule has 7 nitrogen and oxygen atoms in total. The van der Waals surface area contributed by atoms with Gasteiger partial charge in [-0.3, -0.25) is 4.57 Å². The number of hydrogen-bond donors (Lipinski definition) is 2. The molecule has 3 atom stereocenters. The van der Waals surface area contributed by atoms with Gasteiger partial charge in [-0.1, -0.05) is 22.0 Å². The highest BCUT2D eigenvalue weighted by molar-refractivity contribution is 9.09. The number of alkyl carbamates (subject to hydrolysis) is 1. The number of rotatable bonds is 10. The third-order valence-corrected chi connectivity index (χ3v) is 4.98. The summed E-state index contributed by atoms with van der Waals surface area (Å²) in [5.74, 6) is 0. The van der Waals surface area contributed by atoms with Gasteiger partial charge in [-0.15, -0.1) is 6.58 Å². The monoisotopic (exact) mass is 415 g/mol. The molecule has 9 heteroatoms. The third-order valence-electron chi connectivity index (χ3n) is 2.71. The summed E-state index contributed by atoms with van der Waals surface area (Å²) >= 11 is 3.18. The molecule has 0 rings (SSSR count). The molecule has 136 valence electrons. The number of aliphatic hydroxyl groups is 1. The molecule has 2 N–H and O–H groups in total. The Balaban J connectivity index is 4.77. The molecule has 0 aliphatic rings. The van der Waals surface area contributed by atoms with Crippen LogP contribution in [0.5, 0.6) is 0 Å². The minimum Gasteiger partial charge on any atom is -0.444 e. The van der Waals surface area contributed by atoms with E-state index >= 15 is 0 Å². The maximum atomic E-state index is 12.4. The number of aliphatic hydroxyl groups excluding tert-OH is 1. The Morgan fingerprint density at radius 1 is 1.48 bits per heavy atom. The first-order chi connectivity index (χ1) is 10.6. The van der Waals surface area contributed by atoms with Crippen LogP contribution in [0.1, 0.15) is 27.2 Å². The fraction of sp³-hybridized carbons (Fsp3) is 0.786. The van der Waals surface area contributed by atoms with E-state index in [2.05, 4.69) is 27.8 Å². The van der Waals surface area contributed by atoms with Gasteiger partial charge in [-0.25, -0.2) is 4.79 Å². The lowest BCUT2D eigenvalue weighted by molar-refractivity contribution is 0.0451. The predicted octanol–water partition coefficient (Wildman–Crippen LogP) is 3.07. The molecule has 0 aliphatic heterocycles. The summed E-state index contributed by atoms with van der Waals surface area (Å²) in [4.78, 5) is 11.8. The van der Waals surface area contributed by atoms with Crippen molar-refractivity contribution in [3.63, 3.8) is 0 Å². The number of halogens is 1. The van der Waals surface area contributed by atoms with E-state index in [4.69, 9.17) is 13.8 Å². The summed E-state index contributed by atoms with van der Waals surface area (Å²) in [6, 6.07) is -0.710. The van der Waals surface area contributed by atoms with E-state index in [1.54, 1.807) is 20.8 Å². The van der Waals surface area contributed by atoms with Crippen molar-refractivity contribution in [2.24, 2.45) is 0 Å². The molecule has 0 aromatic rings. The van der Waals surface area contributed by atoms with Crippen LogP contribution < -0.4 is 5.32 Å². The normalized spacial score (nSPS) is 17.0. The Morgan fingerprint density at radius 3 is 2.52 bits per heavy atom. The van der Waals surface area contributed by atoms with Crippen molar-refractivity contribution in [1.29, 1.82) is 0 Å². The molecule has 0 radical (unpaired) electrons. The average Bonchev–Trinajstić information content (AvgIpc) is 2.46. The van der Waals surface area contributed by atoms with Crippen molar-refractivity contribution in [3.8, 4) is 0 Å². The lowest BCUT2D eigenvalue weighted by atomic mass is 10.1. The van der Waals surface area contributed by atoms with Crippen LogP contribution in [0.3, 0.4) is 0 Å². The number of carbonyl (C=O) groups excluding carboxylic acids is 1. The highest BCUT2D eigenvalue weighted by Crippen LogP contribution is 2.48. The van der Waals surface area contributed by atoms with E-state index in [0.717, 1.165) is 0 Å². The van der Waals surface area contributed by atoms with Crippen molar-refractivity contribution in [1.82, 2.24) is 5.32 Å². The molecule has 23 heavy (non-hydrogen) atoms. The minimum absolute atomic E-state index is 0.0435. The number of amides is 1. The van der Waals surface area contributed by atoms with E-state index < -0.39 is 31.4 Å². The first-order valence-corrected chi connectivity index (χ1v) is 10.1. The van der Waals surface area contributed by atoms with Gasteiger partial charge < -0.3 is 24.2 Å². The van der Waals surface area contributed by atoms with E-state index in [-0.39, 0.29) is 19.2 Å². The van der Waals surface area contributed by atoms with Crippen LogP contribution >= 0.6 is 23.5 Å². The second-order valence-corrected chi connectivity index (χ2v) is 8.89. The number of nitrogens with one attached hydrogen (secondary N) is 1. The molecule has 0 spiro atoms. The Labute approximate surface area is 146 Å². The number of hydrogen-bond acceptors (Lipinski definition) is 6. The molecular weight excluding hydrogens is 389 g/mol. The molecule has 0 fully saturated rings. The van der Waals surface area contributed by atoms with Gasteiger partial charge in [-0.2, -0.15) is 0 Å². The van der Waals surface area contributed by atoms with Crippen molar-refractivity contribution in [2.75, 3.05) is 25.2 Å². The lowest BCUT2D eigenvalue weighted by Gasteiger charge is -2.26. The zero-order valence-corrected chi connectivity index (χ0v) is 16.6. The van der Waals surface area contributed by atoms with Crippen molar-refractivity contribution < 1.29 is 28.3 Å². The second kappa shape index (κ2) is 10.5. The van der Waals surface area contributed by atoms with Gasteiger partial charge in [0.1, 0.15) is 5.60 Å². The van der Waals surface area contributed by atoms with E-state index in [1.165, 1.54) is 13.2 Å². The molecule has 0 saturated heterocycles. The molecule has 0 aromatic carbocycles. The quantitative estimate of drug-likeness (QED) is 0.323. The Morgan fingerprint density at radius 2 is 2.09 bits per heavy atom. The fourth-order valence-electron chi connectivity index (χ4n) is 1.63. The Hall–Kier alpha value is -0.400. The second-order valence-electron chi connectivity index (χ2n) is 5.81. The molecule has 1 unspecified atom stereocenters. The van der Waals surface area contributed by atoms with Crippen molar-refractivity contribution >= 4 is 29.6 Å². The first-order valence-electron chi connectivity index (χ1n) is 7.22. The molecule has 1 amide bonds. The van der Waals surface area contributed by atoms with Crippen LogP contribution in [0.4, 0.5) is 4.79 Å². The molecule has 0 bridgehead atoms. The number of alkyl halides is 1. The maximum absolute atomic E-state index is 12.4. The van der Waals surface area contributed by atoms with Crippen LogP contribution in [0.15, 0.2) is 12.7 Å². The van der Waals surface area contributed by atoms with Gasteiger partial charge in [0.05, 0.1) is 24.9 Å².